The molecule has 118 valence electrons. The minimum atomic E-state index is 0.228. The zero-order valence-electron chi connectivity index (χ0n) is 13.4. The molecule has 1 N–H and O–H groups in total. The lowest BCUT2D eigenvalue weighted by molar-refractivity contribution is -0.131. The summed E-state index contributed by atoms with van der Waals surface area (Å²) in [7, 11) is 2.09. The van der Waals surface area contributed by atoms with Gasteiger partial charge in [-0.1, -0.05) is 24.3 Å². The van der Waals surface area contributed by atoms with E-state index in [4.69, 9.17) is 0 Å². The molecule has 1 aromatic heterocycles. The Morgan fingerprint density at radius 2 is 1.78 bits per heavy atom. The molecular weight excluding hydrogens is 286 g/mol. The van der Waals surface area contributed by atoms with Crippen LogP contribution in [0.3, 0.4) is 0 Å². The summed E-state index contributed by atoms with van der Waals surface area (Å²) in [6.07, 6.45) is 0.485. The van der Waals surface area contributed by atoms with Crippen molar-refractivity contribution in [3.05, 3.63) is 48.0 Å². The van der Waals surface area contributed by atoms with E-state index in [2.05, 4.69) is 59.4 Å². The molecule has 4 rings (SSSR count). The molecule has 2 heterocycles. The van der Waals surface area contributed by atoms with Crippen LogP contribution in [0.1, 0.15) is 5.56 Å². The summed E-state index contributed by atoms with van der Waals surface area (Å²) in [5.74, 6) is 0.228. The number of piperazine rings is 1. The molecule has 3 aromatic rings. The molecule has 4 nitrogen and oxygen atoms in total. The maximum Gasteiger partial charge on any atom is 0.227 e. The maximum absolute atomic E-state index is 12.5. The molecule has 2 aromatic carbocycles. The van der Waals surface area contributed by atoms with Crippen LogP contribution < -0.4 is 5.32 Å². The lowest BCUT2D eigenvalue weighted by Gasteiger charge is -2.27. The zero-order valence-corrected chi connectivity index (χ0v) is 13.4. The van der Waals surface area contributed by atoms with Gasteiger partial charge in [0.1, 0.15) is 0 Å². The number of fused-ring (bicyclic) bond motifs is 3. The summed E-state index contributed by atoms with van der Waals surface area (Å²) in [6.45, 7) is 3.42. The van der Waals surface area contributed by atoms with Gasteiger partial charge in [-0.05, 0) is 23.8 Å². The van der Waals surface area contributed by atoms with Crippen LogP contribution in [0.15, 0.2) is 42.5 Å². The van der Waals surface area contributed by atoms with Crippen molar-refractivity contribution in [2.45, 2.75) is 6.42 Å². The van der Waals surface area contributed by atoms with Gasteiger partial charge in [0, 0.05) is 55.0 Å². The third-order valence-corrected chi connectivity index (χ3v) is 4.80. The third kappa shape index (κ3) is 2.49. The first-order chi connectivity index (χ1) is 11.2. The van der Waals surface area contributed by atoms with Gasteiger partial charge in [-0.2, -0.15) is 0 Å². The summed E-state index contributed by atoms with van der Waals surface area (Å²) < 4.78 is 2.21. The number of amides is 1. The second kappa shape index (κ2) is 5.70. The number of carbonyl (C=O) groups excluding carboxylic acids is 1. The van der Waals surface area contributed by atoms with Gasteiger partial charge in [0.2, 0.25) is 5.91 Å². The number of hydrogen-bond acceptors (Lipinski definition) is 2. The van der Waals surface area contributed by atoms with E-state index >= 15 is 0 Å². The molecule has 0 unspecified atom stereocenters. The minimum Gasteiger partial charge on any atom is -0.344 e. The normalized spacial score (nSPS) is 15.4. The molecule has 0 spiro atoms. The van der Waals surface area contributed by atoms with Gasteiger partial charge < -0.3 is 14.8 Å². The van der Waals surface area contributed by atoms with E-state index in [9.17, 15) is 4.79 Å². The number of aromatic nitrogens is 1. The summed E-state index contributed by atoms with van der Waals surface area (Å²) in [5.41, 5.74) is 3.54. The summed E-state index contributed by atoms with van der Waals surface area (Å²) >= 11 is 0. The van der Waals surface area contributed by atoms with Crippen LogP contribution in [0.5, 0.6) is 0 Å². The van der Waals surface area contributed by atoms with E-state index in [1.54, 1.807) is 0 Å². The number of hydrogen-bond donors (Lipinski definition) is 1. The number of para-hydroxylation sites is 1. The number of nitrogens with zero attached hydrogens (tertiary/aromatic N) is 2. The average molecular weight is 307 g/mol. The molecule has 23 heavy (non-hydrogen) atoms. The monoisotopic (exact) mass is 307 g/mol. The van der Waals surface area contributed by atoms with Gasteiger partial charge in [0.05, 0.1) is 6.42 Å². The molecule has 0 radical (unpaired) electrons. The lowest BCUT2D eigenvalue weighted by Crippen LogP contribution is -2.46. The van der Waals surface area contributed by atoms with E-state index < -0.39 is 0 Å². The Morgan fingerprint density at radius 1 is 1.04 bits per heavy atom. The smallest absolute Gasteiger partial charge is 0.227 e. The fraction of sp³-hybridized carbons (Fsp3) is 0.316. The molecule has 4 heteroatoms. The first-order valence-electron chi connectivity index (χ1n) is 8.18. The average Bonchev–Trinajstić information content (AvgIpc) is 2.89. The fourth-order valence-electron chi connectivity index (χ4n) is 3.53. The third-order valence-electron chi connectivity index (χ3n) is 4.80. The van der Waals surface area contributed by atoms with Gasteiger partial charge in [-0.25, -0.2) is 0 Å². The molecule has 1 amide bonds. The van der Waals surface area contributed by atoms with Crippen molar-refractivity contribution in [2.24, 2.45) is 7.05 Å². The SMILES string of the molecule is Cn1c2ccccc2c2cc(CC(=O)N3CCNCC3)ccc21. The van der Waals surface area contributed by atoms with Crippen molar-refractivity contribution in [1.82, 2.24) is 14.8 Å². The van der Waals surface area contributed by atoms with Crippen molar-refractivity contribution in [3.63, 3.8) is 0 Å². The van der Waals surface area contributed by atoms with Crippen LogP contribution >= 0.6 is 0 Å². The Hall–Kier alpha value is -2.33. The summed E-state index contributed by atoms with van der Waals surface area (Å²) in [6, 6.07) is 14.8. The standard InChI is InChI=1S/C19H21N3O/c1-21-17-5-3-2-4-15(17)16-12-14(6-7-18(16)21)13-19(23)22-10-8-20-9-11-22/h2-7,12,20H,8-11,13H2,1H3. The first-order valence-corrected chi connectivity index (χ1v) is 8.18. The second-order valence-corrected chi connectivity index (χ2v) is 6.24. The molecule has 0 atom stereocenters. The van der Waals surface area contributed by atoms with E-state index in [0.29, 0.717) is 6.42 Å². The molecule has 1 aliphatic heterocycles. The zero-order chi connectivity index (χ0) is 15.8. The molecule has 0 aliphatic carbocycles. The molecule has 1 saturated heterocycles. The van der Waals surface area contributed by atoms with Gasteiger partial charge in [0.25, 0.3) is 0 Å². The van der Waals surface area contributed by atoms with Gasteiger partial charge in [0.15, 0.2) is 0 Å². The second-order valence-electron chi connectivity index (χ2n) is 6.24. The van der Waals surface area contributed by atoms with Crippen molar-refractivity contribution in [3.8, 4) is 0 Å². The Labute approximate surface area is 135 Å². The van der Waals surface area contributed by atoms with Crippen LogP contribution in [0.2, 0.25) is 0 Å². The predicted octanol–water partition coefficient (Wildman–Crippen LogP) is 2.31. The number of carbonyl (C=O) groups is 1. The van der Waals surface area contributed by atoms with Gasteiger partial charge >= 0.3 is 0 Å². The van der Waals surface area contributed by atoms with E-state index in [1.165, 1.54) is 21.8 Å². The minimum absolute atomic E-state index is 0.228. The van der Waals surface area contributed by atoms with Crippen LogP contribution in [-0.2, 0) is 18.3 Å². The molecule has 0 bridgehead atoms. The number of nitrogens with one attached hydrogen (secondary N) is 1. The molecular formula is C19H21N3O. The van der Waals surface area contributed by atoms with Crippen molar-refractivity contribution >= 4 is 27.7 Å². The highest BCUT2D eigenvalue weighted by atomic mass is 16.2. The molecule has 1 aliphatic rings. The van der Waals surface area contributed by atoms with Crippen molar-refractivity contribution in [1.29, 1.82) is 0 Å². The van der Waals surface area contributed by atoms with Crippen molar-refractivity contribution in [2.75, 3.05) is 26.2 Å². The number of benzene rings is 2. The lowest BCUT2D eigenvalue weighted by atomic mass is 10.1. The number of aryl methyl sites for hydroxylation is 1. The first kappa shape index (κ1) is 14.3. The van der Waals surface area contributed by atoms with Crippen LogP contribution in [-0.4, -0.2) is 41.6 Å². The van der Waals surface area contributed by atoms with E-state index in [0.717, 1.165) is 31.7 Å². The Bertz CT molecular complexity index is 875. The van der Waals surface area contributed by atoms with E-state index in [1.807, 2.05) is 4.90 Å². The topological polar surface area (TPSA) is 37.3 Å². The van der Waals surface area contributed by atoms with Gasteiger partial charge in [-0.15, -0.1) is 0 Å². The summed E-state index contributed by atoms with van der Waals surface area (Å²) in [5, 5.41) is 5.77. The van der Waals surface area contributed by atoms with Gasteiger partial charge in [-0.3, -0.25) is 4.79 Å². The molecule has 0 saturated carbocycles. The quantitative estimate of drug-likeness (QED) is 0.789. The largest absolute Gasteiger partial charge is 0.344 e. The number of rotatable bonds is 2. The van der Waals surface area contributed by atoms with Crippen LogP contribution in [0.4, 0.5) is 0 Å². The fourth-order valence-corrected chi connectivity index (χ4v) is 3.53. The van der Waals surface area contributed by atoms with Crippen molar-refractivity contribution < 1.29 is 4.79 Å². The molecule has 1 fully saturated rings. The highest BCUT2D eigenvalue weighted by Crippen LogP contribution is 2.28. The van der Waals surface area contributed by atoms with Crippen LogP contribution in [0, 0.1) is 0 Å². The predicted molar refractivity (Wildman–Crippen MR) is 93.6 cm³/mol. The maximum atomic E-state index is 12.5. The van der Waals surface area contributed by atoms with E-state index in [-0.39, 0.29) is 5.91 Å². The van der Waals surface area contributed by atoms with Crippen LogP contribution in [0.25, 0.3) is 21.8 Å². The Kier molecular flexibility index (Phi) is 3.54. The highest BCUT2D eigenvalue weighted by Gasteiger charge is 2.17. The summed E-state index contributed by atoms with van der Waals surface area (Å²) in [4.78, 5) is 14.4. The Balaban J connectivity index is 1.68. The Morgan fingerprint density at radius 3 is 2.61 bits per heavy atom. The highest BCUT2D eigenvalue weighted by molar-refractivity contribution is 6.08.